The van der Waals surface area contributed by atoms with Crippen LogP contribution < -0.4 is 10.2 Å². The molecule has 0 unspecified atom stereocenters. The van der Waals surface area contributed by atoms with Crippen LogP contribution >= 0.6 is 0 Å². The maximum Gasteiger partial charge on any atom is 0.491 e. The lowest BCUT2D eigenvalue weighted by Gasteiger charge is -2.06. The summed E-state index contributed by atoms with van der Waals surface area (Å²) in [6.45, 7) is 0.188. The van der Waals surface area contributed by atoms with Crippen LogP contribution in [0.3, 0.4) is 0 Å². The summed E-state index contributed by atoms with van der Waals surface area (Å²) in [5.41, 5.74) is -0.185. The minimum absolute atomic E-state index is 0.185. The van der Waals surface area contributed by atoms with Gasteiger partial charge >= 0.3 is 7.12 Å². The fourth-order valence-corrected chi connectivity index (χ4v) is 1.36. The van der Waals surface area contributed by atoms with Crippen LogP contribution in [0.4, 0.5) is 4.39 Å². The van der Waals surface area contributed by atoms with E-state index in [1.165, 1.54) is 18.4 Å². The molecule has 1 aromatic carbocycles. The standard InChI is InChI=1S/C11H10BFO4/c13-11-6-8(3-4-10(11)12(14)15)17-7-9-2-1-5-16-9/h1-6,14-15H,7H2. The highest BCUT2D eigenvalue weighted by molar-refractivity contribution is 6.58. The molecule has 1 heterocycles. The second-order valence-corrected chi connectivity index (χ2v) is 3.43. The minimum atomic E-state index is -1.82. The molecule has 4 nitrogen and oxygen atoms in total. The van der Waals surface area contributed by atoms with Gasteiger partial charge in [0.25, 0.3) is 0 Å². The predicted molar refractivity (Wildman–Crippen MR) is 59.3 cm³/mol. The minimum Gasteiger partial charge on any atom is -0.486 e. The molecule has 0 saturated carbocycles. The van der Waals surface area contributed by atoms with Gasteiger partial charge in [-0.1, -0.05) is 6.07 Å². The van der Waals surface area contributed by atoms with Crippen molar-refractivity contribution in [1.29, 1.82) is 0 Å². The average molecular weight is 236 g/mol. The molecule has 6 heteroatoms. The number of furan rings is 1. The van der Waals surface area contributed by atoms with E-state index in [2.05, 4.69) is 0 Å². The summed E-state index contributed by atoms with van der Waals surface area (Å²) in [6, 6.07) is 7.28. The Bertz CT molecular complexity index is 484. The van der Waals surface area contributed by atoms with E-state index in [0.717, 1.165) is 6.07 Å². The Labute approximate surface area is 97.4 Å². The molecule has 1 aromatic heterocycles. The van der Waals surface area contributed by atoms with Crippen molar-refractivity contribution in [2.24, 2.45) is 0 Å². The topological polar surface area (TPSA) is 62.8 Å². The van der Waals surface area contributed by atoms with E-state index in [1.54, 1.807) is 12.1 Å². The lowest BCUT2D eigenvalue weighted by atomic mass is 9.80. The van der Waals surface area contributed by atoms with Crippen molar-refractivity contribution in [3.63, 3.8) is 0 Å². The molecule has 0 aliphatic heterocycles. The third-order valence-corrected chi connectivity index (χ3v) is 2.21. The smallest absolute Gasteiger partial charge is 0.486 e. The van der Waals surface area contributed by atoms with E-state index in [0.29, 0.717) is 11.5 Å². The Morgan fingerprint density at radius 1 is 1.29 bits per heavy atom. The highest BCUT2D eigenvalue weighted by Crippen LogP contribution is 2.13. The molecule has 88 valence electrons. The highest BCUT2D eigenvalue weighted by Gasteiger charge is 2.16. The monoisotopic (exact) mass is 236 g/mol. The molecule has 0 saturated heterocycles. The van der Waals surface area contributed by atoms with Gasteiger partial charge in [-0.3, -0.25) is 0 Å². The molecule has 0 atom stereocenters. The van der Waals surface area contributed by atoms with Crippen molar-refractivity contribution in [2.75, 3.05) is 0 Å². The van der Waals surface area contributed by atoms with Gasteiger partial charge in [0.15, 0.2) is 0 Å². The Kier molecular flexibility index (Phi) is 3.46. The maximum absolute atomic E-state index is 13.3. The highest BCUT2D eigenvalue weighted by atomic mass is 19.1. The van der Waals surface area contributed by atoms with E-state index in [1.807, 2.05) is 0 Å². The molecule has 0 aliphatic carbocycles. The zero-order valence-corrected chi connectivity index (χ0v) is 8.84. The van der Waals surface area contributed by atoms with Gasteiger partial charge in [-0.15, -0.1) is 0 Å². The first kappa shape index (κ1) is 11.7. The average Bonchev–Trinajstić information content (AvgIpc) is 2.78. The maximum atomic E-state index is 13.3. The second kappa shape index (κ2) is 5.03. The zero-order valence-electron chi connectivity index (χ0n) is 8.84. The van der Waals surface area contributed by atoms with E-state index in [9.17, 15) is 4.39 Å². The molecule has 0 aliphatic rings. The van der Waals surface area contributed by atoms with Crippen molar-refractivity contribution < 1.29 is 23.6 Å². The van der Waals surface area contributed by atoms with Crippen LogP contribution in [0.5, 0.6) is 5.75 Å². The van der Waals surface area contributed by atoms with Crippen LogP contribution in [0.25, 0.3) is 0 Å². The van der Waals surface area contributed by atoms with Crippen LogP contribution in [-0.4, -0.2) is 17.2 Å². The summed E-state index contributed by atoms with van der Waals surface area (Å²) in [5, 5.41) is 17.7. The number of benzene rings is 1. The van der Waals surface area contributed by atoms with E-state index in [-0.39, 0.29) is 12.1 Å². The SMILES string of the molecule is OB(O)c1ccc(OCc2ccco2)cc1F. The number of halogens is 1. The normalized spacial score (nSPS) is 10.3. The summed E-state index contributed by atoms with van der Waals surface area (Å²) in [5.74, 6) is 0.192. The molecular formula is C11H10BFO4. The summed E-state index contributed by atoms with van der Waals surface area (Å²) in [7, 11) is -1.82. The van der Waals surface area contributed by atoms with Gasteiger partial charge in [0.1, 0.15) is 23.9 Å². The Balaban J connectivity index is 2.05. The van der Waals surface area contributed by atoms with E-state index < -0.39 is 12.9 Å². The molecular weight excluding hydrogens is 226 g/mol. The number of rotatable bonds is 4. The van der Waals surface area contributed by atoms with Gasteiger partial charge in [0.2, 0.25) is 0 Å². The Morgan fingerprint density at radius 3 is 2.71 bits per heavy atom. The van der Waals surface area contributed by atoms with Gasteiger partial charge in [-0.05, 0) is 18.2 Å². The third kappa shape index (κ3) is 2.86. The summed E-state index contributed by atoms with van der Waals surface area (Å²) in [6.07, 6.45) is 1.52. The van der Waals surface area contributed by atoms with Crippen LogP contribution in [0.1, 0.15) is 5.76 Å². The van der Waals surface area contributed by atoms with Gasteiger partial charge < -0.3 is 19.2 Å². The molecule has 2 N–H and O–H groups in total. The predicted octanol–water partition coefficient (Wildman–Crippen LogP) is 0.677. The summed E-state index contributed by atoms with van der Waals surface area (Å²) >= 11 is 0. The van der Waals surface area contributed by atoms with Crippen molar-refractivity contribution in [2.45, 2.75) is 6.61 Å². The number of hydrogen-bond acceptors (Lipinski definition) is 4. The molecule has 2 rings (SSSR count). The Morgan fingerprint density at radius 2 is 2.12 bits per heavy atom. The molecule has 0 radical (unpaired) electrons. The van der Waals surface area contributed by atoms with Gasteiger partial charge in [0.05, 0.1) is 6.26 Å². The molecule has 0 amide bonds. The van der Waals surface area contributed by atoms with Crippen molar-refractivity contribution >= 4 is 12.6 Å². The van der Waals surface area contributed by atoms with E-state index in [4.69, 9.17) is 19.2 Å². The third-order valence-electron chi connectivity index (χ3n) is 2.21. The largest absolute Gasteiger partial charge is 0.491 e. The van der Waals surface area contributed by atoms with Crippen LogP contribution in [0.15, 0.2) is 41.0 Å². The molecule has 0 fully saturated rings. The van der Waals surface area contributed by atoms with Gasteiger partial charge in [-0.25, -0.2) is 4.39 Å². The lowest BCUT2D eigenvalue weighted by Crippen LogP contribution is -2.32. The van der Waals surface area contributed by atoms with Gasteiger partial charge in [-0.2, -0.15) is 0 Å². The molecule has 17 heavy (non-hydrogen) atoms. The number of ether oxygens (including phenoxy) is 1. The molecule has 0 spiro atoms. The fraction of sp³-hybridized carbons (Fsp3) is 0.0909. The fourth-order valence-electron chi connectivity index (χ4n) is 1.36. The van der Waals surface area contributed by atoms with Crippen LogP contribution in [0.2, 0.25) is 0 Å². The van der Waals surface area contributed by atoms with Gasteiger partial charge in [0, 0.05) is 11.5 Å². The first-order chi connectivity index (χ1) is 8.16. The van der Waals surface area contributed by atoms with Crippen molar-refractivity contribution in [3.8, 4) is 5.75 Å². The second-order valence-electron chi connectivity index (χ2n) is 3.43. The first-order valence-electron chi connectivity index (χ1n) is 4.97. The summed E-state index contributed by atoms with van der Waals surface area (Å²) in [4.78, 5) is 0. The first-order valence-corrected chi connectivity index (χ1v) is 4.97. The van der Waals surface area contributed by atoms with Crippen molar-refractivity contribution in [1.82, 2.24) is 0 Å². The van der Waals surface area contributed by atoms with Crippen LogP contribution in [-0.2, 0) is 6.61 Å². The lowest BCUT2D eigenvalue weighted by molar-refractivity contribution is 0.269. The molecule has 2 aromatic rings. The Hall–Kier alpha value is -1.79. The summed E-state index contributed by atoms with van der Waals surface area (Å²) < 4.78 is 23.7. The van der Waals surface area contributed by atoms with E-state index >= 15 is 0 Å². The number of hydrogen-bond donors (Lipinski definition) is 2. The van der Waals surface area contributed by atoms with Crippen molar-refractivity contribution in [3.05, 3.63) is 48.2 Å². The quantitative estimate of drug-likeness (QED) is 0.766. The zero-order chi connectivity index (χ0) is 12.3. The van der Waals surface area contributed by atoms with Crippen LogP contribution in [0, 0.1) is 5.82 Å². The molecule has 0 bridgehead atoms.